The van der Waals surface area contributed by atoms with Gasteiger partial charge in [-0.15, -0.1) is 0 Å². The van der Waals surface area contributed by atoms with Crippen LogP contribution in [-0.4, -0.2) is 13.2 Å². The lowest BCUT2D eigenvalue weighted by atomic mass is 9.95. The van der Waals surface area contributed by atoms with Crippen molar-refractivity contribution < 1.29 is 9.47 Å². The van der Waals surface area contributed by atoms with Gasteiger partial charge in [0.2, 0.25) is 16.3 Å². The minimum absolute atomic E-state index is 0.118. The van der Waals surface area contributed by atoms with Crippen LogP contribution in [0, 0.1) is 11.8 Å². The summed E-state index contributed by atoms with van der Waals surface area (Å²) >= 11 is 3.27. The van der Waals surface area contributed by atoms with Gasteiger partial charge in [0.15, 0.2) is 0 Å². The Hall–Kier alpha value is -4.85. The van der Waals surface area contributed by atoms with E-state index in [2.05, 4.69) is 50.2 Å². The highest BCUT2D eigenvalue weighted by Crippen LogP contribution is 2.47. The molecule has 0 bridgehead atoms. The second kappa shape index (κ2) is 27.4. The van der Waals surface area contributed by atoms with Crippen molar-refractivity contribution in [1.82, 2.24) is 0 Å². The molecule has 5 nitrogen and oxygen atoms in total. The Bertz CT molecular complexity index is 2510. The van der Waals surface area contributed by atoms with Gasteiger partial charge in [0.05, 0.1) is 35.5 Å². The molecule has 0 saturated carbocycles. The van der Waals surface area contributed by atoms with Crippen molar-refractivity contribution in [1.29, 1.82) is 0 Å². The molecule has 0 aromatic heterocycles. The zero-order valence-corrected chi connectivity index (χ0v) is 42.1. The van der Waals surface area contributed by atoms with Crippen molar-refractivity contribution in [3.8, 4) is 11.5 Å². The average molecular weight is 947 g/mol. The minimum atomic E-state index is -0.784. The SMILES string of the molecule is CCCCCCCCCCCCOc1ccc2c(c1)SC(c1ccccc1)=C[C]2/C=c1\c(=O)c(=O)/c(=C\[C]2C=C(c3ccccc3)Sc3cc(OCCCCCCCCCCCC)ccc32)c1=O. The molecule has 7 heteroatoms. The molecule has 356 valence electrons. The van der Waals surface area contributed by atoms with E-state index in [1.165, 1.54) is 103 Å². The fraction of sp³-hybridized carbons (Fsp3) is 0.393. The summed E-state index contributed by atoms with van der Waals surface area (Å²) in [4.78, 5) is 46.0. The number of hydrogen-bond acceptors (Lipinski definition) is 7. The van der Waals surface area contributed by atoms with E-state index < -0.39 is 16.3 Å². The Labute approximate surface area is 414 Å². The Morgan fingerprint density at radius 2 is 0.765 bits per heavy atom. The van der Waals surface area contributed by atoms with E-state index in [4.69, 9.17) is 9.47 Å². The third-order valence-corrected chi connectivity index (χ3v) is 15.2. The van der Waals surface area contributed by atoms with Gasteiger partial charge >= 0.3 is 0 Å². The van der Waals surface area contributed by atoms with Crippen molar-refractivity contribution in [2.45, 2.75) is 152 Å². The van der Waals surface area contributed by atoms with Gasteiger partial charge in [-0.1, -0.05) is 250 Å². The van der Waals surface area contributed by atoms with E-state index in [0.29, 0.717) is 25.0 Å². The third-order valence-electron chi connectivity index (χ3n) is 13.0. The second-order valence-corrected chi connectivity index (χ2v) is 20.5. The summed E-state index contributed by atoms with van der Waals surface area (Å²) in [6, 6.07) is 32.2. The van der Waals surface area contributed by atoms with Crippen LogP contribution in [0.2, 0.25) is 0 Å². The summed E-state index contributed by atoms with van der Waals surface area (Å²) in [7, 11) is 0. The van der Waals surface area contributed by atoms with Gasteiger partial charge < -0.3 is 9.47 Å². The van der Waals surface area contributed by atoms with E-state index in [-0.39, 0.29) is 10.4 Å². The first-order valence-electron chi connectivity index (χ1n) is 25.7. The topological polar surface area (TPSA) is 69.7 Å². The molecule has 2 radical (unpaired) electrons. The van der Waals surface area contributed by atoms with E-state index in [1.807, 2.05) is 72.8 Å². The predicted molar refractivity (Wildman–Crippen MR) is 289 cm³/mol. The van der Waals surface area contributed by atoms with Crippen molar-refractivity contribution in [3.63, 3.8) is 0 Å². The first-order valence-corrected chi connectivity index (χ1v) is 27.3. The van der Waals surface area contributed by atoms with E-state index >= 15 is 0 Å². The molecular formula is C61H70O5S2. The van der Waals surface area contributed by atoms with E-state index in [9.17, 15) is 14.4 Å². The first kappa shape index (κ1) is 51.0. The highest BCUT2D eigenvalue weighted by atomic mass is 32.2. The molecule has 2 aliphatic rings. The van der Waals surface area contributed by atoms with Gasteiger partial charge in [0, 0.05) is 19.6 Å². The molecule has 2 heterocycles. The maximum Gasteiger partial charge on any atom is 0.237 e. The first-order chi connectivity index (χ1) is 33.4. The standard InChI is InChI=1S/C61H70O5S2/c1-3-5-7-9-11-13-15-17-19-27-37-65-49-33-35-51-47(41-55(67-57(51)43-49)45-29-23-21-24-30-45)39-53-59(62)54(61(64)60(53)63)40-48-42-56(46-31-25-22-26-32-46)68-58-44-50(34-36-52(48)58)66-38-28-20-18-16-14-12-10-8-6-4-2/h21-26,29-36,39-44H,3-20,27-28,37-38H2,1-2H3/b53-39-,54-40-. The Morgan fingerprint density at radius 3 is 1.13 bits per heavy atom. The summed E-state index contributed by atoms with van der Waals surface area (Å²) in [5, 5.41) is -0.235. The van der Waals surface area contributed by atoms with Crippen LogP contribution >= 0.6 is 23.5 Å². The number of thioether (sulfide) groups is 2. The highest BCUT2D eigenvalue weighted by Gasteiger charge is 2.25. The van der Waals surface area contributed by atoms with Crippen LogP contribution in [0.5, 0.6) is 11.5 Å². The van der Waals surface area contributed by atoms with Gasteiger partial charge in [-0.3, -0.25) is 14.4 Å². The van der Waals surface area contributed by atoms with Gasteiger partial charge in [0.1, 0.15) is 11.5 Å². The maximum atomic E-state index is 14.4. The molecule has 0 spiro atoms. The summed E-state index contributed by atoms with van der Waals surface area (Å²) in [5.74, 6) is 2.99. The fourth-order valence-electron chi connectivity index (χ4n) is 9.02. The monoisotopic (exact) mass is 946 g/mol. The molecule has 0 fully saturated rings. The molecule has 7 rings (SSSR count). The number of rotatable bonds is 28. The molecule has 5 aromatic rings. The van der Waals surface area contributed by atoms with Crippen LogP contribution in [0.3, 0.4) is 0 Å². The molecule has 2 aliphatic heterocycles. The molecule has 0 aliphatic carbocycles. The minimum Gasteiger partial charge on any atom is -0.494 e. The average Bonchev–Trinajstić information content (AvgIpc) is 3.56. The van der Waals surface area contributed by atoms with Crippen molar-refractivity contribution >= 4 is 45.5 Å². The van der Waals surface area contributed by atoms with Crippen molar-refractivity contribution in [3.05, 3.63) is 184 Å². The Morgan fingerprint density at radius 1 is 0.412 bits per heavy atom. The van der Waals surface area contributed by atoms with Crippen molar-refractivity contribution in [2.24, 2.45) is 0 Å². The van der Waals surface area contributed by atoms with Crippen LogP contribution in [0.15, 0.2) is 133 Å². The molecule has 0 N–H and O–H groups in total. The summed E-state index contributed by atoms with van der Waals surface area (Å²) in [5.41, 5.74) is 1.69. The lowest BCUT2D eigenvalue weighted by molar-refractivity contribution is 0.303. The fourth-order valence-corrected chi connectivity index (χ4v) is 11.3. The van der Waals surface area contributed by atoms with Gasteiger partial charge in [-0.25, -0.2) is 0 Å². The molecule has 0 atom stereocenters. The molecule has 0 amide bonds. The number of hydrogen-bond donors (Lipinski definition) is 0. The molecule has 5 aromatic carbocycles. The van der Waals surface area contributed by atoms with Gasteiger partial charge in [-0.05, 0) is 59.4 Å². The summed E-state index contributed by atoms with van der Waals surface area (Å²) in [6.45, 7) is 5.83. The van der Waals surface area contributed by atoms with Crippen LogP contribution < -0.4 is 36.2 Å². The summed E-state index contributed by atoms with van der Waals surface area (Å²) < 4.78 is 12.5. The lowest BCUT2D eigenvalue weighted by Crippen LogP contribution is -2.37. The molecular weight excluding hydrogens is 877 g/mol. The predicted octanol–water partition coefficient (Wildman–Crippen LogP) is 14.3. The zero-order valence-electron chi connectivity index (χ0n) is 40.5. The largest absolute Gasteiger partial charge is 0.494 e. The lowest BCUT2D eigenvalue weighted by Gasteiger charge is -2.23. The zero-order chi connectivity index (χ0) is 47.3. The van der Waals surface area contributed by atoms with Crippen LogP contribution in [-0.2, 0) is 0 Å². The number of fused-ring (bicyclic) bond motifs is 2. The van der Waals surface area contributed by atoms with Crippen LogP contribution in [0.4, 0.5) is 0 Å². The number of unbranched alkanes of at least 4 members (excludes halogenated alkanes) is 18. The quantitative estimate of drug-likeness (QED) is 0.0365. The molecule has 68 heavy (non-hydrogen) atoms. The van der Waals surface area contributed by atoms with Crippen LogP contribution in [0.1, 0.15) is 165 Å². The molecule has 0 saturated heterocycles. The highest BCUT2D eigenvalue weighted by molar-refractivity contribution is 8.08. The summed E-state index contributed by atoms with van der Waals surface area (Å²) in [6.07, 6.45) is 32.6. The number of allylic oxidation sites excluding steroid dienone is 2. The van der Waals surface area contributed by atoms with Gasteiger partial charge in [0.25, 0.3) is 0 Å². The number of ether oxygens (including phenoxy) is 2. The van der Waals surface area contributed by atoms with Crippen molar-refractivity contribution in [2.75, 3.05) is 13.2 Å². The smallest absolute Gasteiger partial charge is 0.237 e. The van der Waals surface area contributed by atoms with Gasteiger partial charge in [-0.2, -0.15) is 0 Å². The normalized spacial score (nSPS) is 14.4. The molecule has 0 unspecified atom stereocenters. The van der Waals surface area contributed by atoms with Crippen LogP contribution in [0.25, 0.3) is 22.0 Å². The second-order valence-electron chi connectivity index (χ2n) is 18.3. The third kappa shape index (κ3) is 14.6. The maximum absolute atomic E-state index is 14.4. The Balaban J connectivity index is 1.09. The Kier molecular flexibility index (Phi) is 20.5. The number of benzene rings is 4. The van der Waals surface area contributed by atoms with E-state index in [0.717, 1.165) is 79.0 Å². The van der Waals surface area contributed by atoms with E-state index in [1.54, 1.807) is 35.7 Å².